The first-order valence-electron chi connectivity index (χ1n) is 7.99. The molecule has 0 unspecified atom stereocenters. The van der Waals surface area contributed by atoms with Gasteiger partial charge in [-0.15, -0.1) is 0 Å². The Labute approximate surface area is 135 Å². The van der Waals surface area contributed by atoms with Gasteiger partial charge in [0.2, 0.25) is 5.88 Å². The van der Waals surface area contributed by atoms with E-state index in [1.807, 2.05) is 17.7 Å². The van der Waals surface area contributed by atoms with Crippen LogP contribution >= 0.6 is 0 Å². The molecule has 0 saturated heterocycles. The average Bonchev–Trinajstić information content (AvgIpc) is 3.00. The number of aryl methyl sites for hydroxylation is 2. The van der Waals surface area contributed by atoms with Crippen LogP contribution in [0.15, 0.2) is 24.4 Å². The number of fused-ring (bicyclic) bond motifs is 1. The molecule has 1 aliphatic rings. The van der Waals surface area contributed by atoms with Gasteiger partial charge in [-0.05, 0) is 25.8 Å². The number of nitrogens with one attached hydrogen (secondary N) is 1. The van der Waals surface area contributed by atoms with E-state index >= 15 is 0 Å². The lowest BCUT2D eigenvalue weighted by Crippen LogP contribution is -2.40. The minimum Gasteiger partial charge on any atom is -0.465 e. The number of pyridine rings is 1. The number of amides is 1. The summed E-state index contributed by atoms with van der Waals surface area (Å²) in [6.45, 7) is 4.60. The van der Waals surface area contributed by atoms with E-state index in [9.17, 15) is 4.79 Å². The number of rotatable bonds is 5. The Morgan fingerprint density at radius 3 is 3.13 bits per heavy atom. The smallest absolute Gasteiger partial charge is 0.261 e. The lowest BCUT2D eigenvalue weighted by atomic mass is 10.1. The maximum absolute atomic E-state index is 12.4. The maximum atomic E-state index is 12.4. The molecule has 7 nitrogen and oxygen atoms in total. The van der Waals surface area contributed by atoms with Gasteiger partial charge in [0, 0.05) is 25.2 Å². The SMILES string of the molecule is CCc1nc2n(n1)CCC[C@@H]2NC(=O)[C@@H](C)Oc1ccccn1. The molecular formula is C16H21N5O2. The van der Waals surface area contributed by atoms with Crippen molar-refractivity contribution in [3.05, 3.63) is 36.0 Å². The highest BCUT2D eigenvalue weighted by atomic mass is 16.5. The van der Waals surface area contributed by atoms with Gasteiger partial charge in [0.1, 0.15) is 5.82 Å². The molecule has 23 heavy (non-hydrogen) atoms. The van der Waals surface area contributed by atoms with Crippen molar-refractivity contribution in [3.8, 4) is 5.88 Å². The van der Waals surface area contributed by atoms with Crippen molar-refractivity contribution in [1.82, 2.24) is 25.1 Å². The molecule has 2 atom stereocenters. The van der Waals surface area contributed by atoms with Gasteiger partial charge >= 0.3 is 0 Å². The topological polar surface area (TPSA) is 81.9 Å². The normalized spacial score (nSPS) is 18.1. The monoisotopic (exact) mass is 315 g/mol. The molecule has 7 heteroatoms. The van der Waals surface area contributed by atoms with Crippen molar-refractivity contribution >= 4 is 5.91 Å². The molecule has 122 valence electrons. The van der Waals surface area contributed by atoms with Crippen LogP contribution in [0.25, 0.3) is 0 Å². The van der Waals surface area contributed by atoms with Crippen LogP contribution in [0.2, 0.25) is 0 Å². The zero-order valence-electron chi connectivity index (χ0n) is 13.4. The molecule has 2 aromatic rings. The predicted octanol–water partition coefficient (Wildman–Crippen LogP) is 1.65. The van der Waals surface area contributed by atoms with Gasteiger partial charge in [0.25, 0.3) is 5.91 Å². The lowest BCUT2D eigenvalue weighted by Gasteiger charge is -2.24. The largest absolute Gasteiger partial charge is 0.465 e. The minimum absolute atomic E-state index is 0.112. The molecule has 0 radical (unpaired) electrons. The van der Waals surface area contributed by atoms with Crippen molar-refractivity contribution in [2.75, 3.05) is 0 Å². The van der Waals surface area contributed by atoms with E-state index < -0.39 is 6.10 Å². The van der Waals surface area contributed by atoms with E-state index in [0.717, 1.165) is 37.5 Å². The molecule has 1 aliphatic heterocycles. The van der Waals surface area contributed by atoms with E-state index in [0.29, 0.717) is 5.88 Å². The Bertz CT molecular complexity index is 670. The van der Waals surface area contributed by atoms with Crippen LogP contribution in [0, 0.1) is 0 Å². The summed E-state index contributed by atoms with van der Waals surface area (Å²) in [6, 6.07) is 5.24. The van der Waals surface area contributed by atoms with Crippen LogP contribution in [0.3, 0.4) is 0 Å². The Kier molecular flexibility index (Phi) is 4.55. The molecule has 1 amide bonds. The number of carbonyl (C=O) groups excluding carboxylic acids is 1. The van der Waals surface area contributed by atoms with Crippen LogP contribution in [-0.4, -0.2) is 31.8 Å². The van der Waals surface area contributed by atoms with Crippen molar-refractivity contribution in [2.24, 2.45) is 0 Å². The average molecular weight is 315 g/mol. The molecule has 1 N–H and O–H groups in total. The van der Waals surface area contributed by atoms with E-state index in [1.165, 1.54) is 0 Å². The summed E-state index contributed by atoms with van der Waals surface area (Å²) in [7, 11) is 0. The summed E-state index contributed by atoms with van der Waals surface area (Å²) in [5, 5.41) is 7.47. The molecule has 0 spiro atoms. The van der Waals surface area contributed by atoms with Gasteiger partial charge in [-0.25, -0.2) is 14.6 Å². The highest BCUT2D eigenvalue weighted by molar-refractivity contribution is 5.81. The second-order valence-electron chi connectivity index (χ2n) is 5.59. The predicted molar refractivity (Wildman–Crippen MR) is 83.8 cm³/mol. The fraction of sp³-hybridized carbons (Fsp3) is 0.500. The minimum atomic E-state index is -0.617. The van der Waals surface area contributed by atoms with E-state index in [1.54, 1.807) is 25.3 Å². The Morgan fingerprint density at radius 2 is 2.39 bits per heavy atom. The van der Waals surface area contributed by atoms with E-state index in [4.69, 9.17) is 4.74 Å². The number of hydrogen-bond acceptors (Lipinski definition) is 5. The van der Waals surface area contributed by atoms with E-state index in [2.05, 4.69) is 20.4 Å². The number of carbonyl (C=O) groups is 1. The first kappa shape index (κ1) is 15.5. The lowest BCUT2D eigenvalue weighted by molar-refractivity contribution is -0.128. The number of ether oxygens (including phenoxy) is 1. The summed E-state index contributed by atoms with van der Waals surface area (Å²) in [6.07, 6.45) is 3.65. The summed E-state index contributed by atoms with van der Waals surface area (Å²) >= 11 is 0. The van der Waals surface area contributed by atoms with Crippen LogP contribution in [-0.2, 0) is 17.8 Å². The zero-order chi connectivity index (χ0) is 16.2. The van der Waals surface area contributed by atoms with Gasteiger partial charge in [0.15, 0.2) is 11.9 Å². The van der Waals surface area contributed by atoms with Crippen molar-refractivity contribution in [1.29, 1.82) is 0 Å². The summed E-state index contributed by atoms with van der Waals surface area (Å²) in [4.78, 5) is 21.0. The zero-order valence-corrected chi connectivity index (χ0v) is 13.4. The first-order valence-corrected chi connectivity index (χ1v) is 7.99. The van der Waals surface area contributed by atoms with Crippen molar-refractivity contribution in [2.45, 2.75) is 51.8 Å². The summed E-state index contributed by atoms with van der Waals surface area (Å²) < 4.78 is 7.47. The number of aromatic nitrogens is 4. The molecule has 0 aromatic carbocycles. The first-order chi connectivity index (χ1) is 11.2. The van der Waals surface area contributed by atoms with Gasteiger partial charge in [-0.3, -0.25) is 4.79 Å². The molecule has 0 aliphatic carbocycles. The van der Waals surface area contributed by atoms with Crippen molar-refractivity contribution in [3.63, 3.8) is 0 Å². The third-order valence-electron chi connectivity index (χ3n) is 3.86. The summed E-state index contributed by atoms with van der Waals surface area (Å²) in [5.74, 6) is 1.93. The fourth-order valence-electron chi connectivity index (χ4n) is 2.63. The van der Waals surface area contributed by atoms with Gasteiger partial charge in [-0.1, -0.05) is 13.0 Å². The fourth-order valence-corrected chi connectivity index (χ4v) is 2.63. The second-order valence-corrected chi connectivity index (χ2v) is 5.59. The van der Waals surface area contributed by atoms with E-state index in [-0.39, 0.29) is 11.9 Å². The van der Waals surface area contributed by atoms with Gasteiger partial charge in [-0.2, -0.15) is 5.10 Å². The number of nitrogens with zero attached hydrogens (tertiary/aromatic N) is 4. The Balaban J connectivity index is 1.65. The highest BCUT2D eigenvalue weighted by Gasteiger charge is 2.27. The third kappa shape index (κ3) is 3.49. The Hall–Kier alpha value is -2.44. The molecule has 0 saturated carbocycles. The molecule has 3 rings (SSSR count). The van der Waals surface area contributed by atoms with Gasteiger partial charge < -0.3 is 10.1 Å². The second kappa shape index (κ2) is 6.76. The van der Waals surface area contributed by atoms with Crippen molar-refractivity contribution < 1.29 is 9.53 Å². The molecule has 3 heterocycles. The van der Waals surface area contributed by atoms with Crippen LogP contribution in [0.5, 0.6) is 5.88 Å². The molecule has 0 fully saturated rings. The van der Waals surface area contributed by atoms with Crippen LogP contribution < -0.4 is 10.1 Å². The molecule has 2 aromatic heterocycles. The molecular weight excluding hydrogens is 294 g/mol. The van der Waals surface area contributed by atoms with Crippen LogP contribution in [0.4, 0.5) is 0 Å². The third-order valence-corrected chi connectivity index (χ3v) is 3.86. The highest BCUT2D eigenvalue weighted by Crippen LogP contribution is 2.23. The summed E-state index contributed by atoms with van der Waals surface area (Å²) in [5.41, 5.74) is 0. The van der Waals surface area contributed by atoms with Crippen LogP contribution in [0.1, 0.15) is 44.4 Å². The van der Waals surface area contributed by atoms with Gasteiger partial charge in [0.05, 0.1) is 6.04 Å². The quantitative estimate of drug-likeness (QED) is 0.907. The molecule has 0 bridgehead atoms. The Morgan fingerprint density at radius 1 is 1.52 bits per heavy atom. The standard InChI is InChI=1S/C16H21N5O2/c1-3-13-19-15-12(7-6-10-21(15)20-13)18-16(22)11(2)23-14-8-4-5-9-17-14/h4-5,8-9,11-12H,3,6-7,10H2,1-2H3,(H,18,22)/t11-,12+/m1/s1. The number of hydrogen-bond donors (Lipinski definition) is 1. The maximum Gasteiger partial charge on any atom is 0.261 e.